The number of halogens is 1. The molecule has 1 atom stereocenters. The maximum absolute atomic E-state index is 11.9. The summed E-state index contributed by atoms with van der Waals surface area (Å²) in [7, 11) is 1.78. The summed E-state index contributed by atoms with van der Waals surface area (Å²) >= 11 is 3.43. The zero-order valence-electron chi connectivity index (χ0n) is 11.1. The van der Waals surface area contributed by atoms with E-state index in [1.165, 1.54) is 0 Å². The standard InChI is InChI=1S/C12H19BrN4O/c1-5-17(4)12(18)8(3)16-11-10(13)7(2)9(14)6-15-11/h6,8H,5,14H2,1-4H3,(H,15,16). The van der Waals surface area contributed by atoms with E-state index in [-0.39, 0.29) is 11.9 Å². The van der Waals surface area contributed by atoms with Crippen molar-refractivity contribution in [1.82, 2.24) is 9.88 Å². The Labute approximate surface area is 116 Å². The molecule has 1 unspecified atom stereocenters. The average Bonchev–Trinajstić information content (AvgIpc) is 2.37. The molecule has 0 spiro atoms. The molecule has 1 aromatic heterocycles. The van der Waals surface area contributed by atoms with Crippen LogP contribution in [0.3, 0.4) is 0 Å². The number of likely N-dealkylation sites (N-methyl/N-ethyl adjacent to an activating group) is 1. The third kappa shape index (κ3) is 3.13. The summed E-state index contributed by atoms with van der Waals surface area (Å²) in [5, 5.41) is 3.09. The Morgan fingerprint density at radius 1 is 1.67 bits per heavy atom. The molecule has 1 amide bonds. The van der Waals surface area contributed by atoms with Crippen molar-refractivity contribution < 1.29 is 4.79 Å². The van der Waals surface area contributed by atoms with Crippen LogP contribution >= 0.6 is 15.9 Å². The van der Waals surface area contributed by atoms with E-state index in [0.29, 0.717) is 18.1 Å². The van der Waals surface area contributed by atoms with Gasteiger partial charge in [-0.25, -0.2) is 4.98 Å². The van der Waals surface area contributed by atoms with Crippen molar-refractivity contribution in [2.24, 2.45) is 0 Å². The van der Waals surface area contributed by atoms with E-state index >= 15 is 0 Å². The van der Waals surface area contributed by atoms with Crippen LogP contribution in [0, 0.1) is 6.92 Å². The lowest BCUT2D eigenvalue weighted by Crippen LogP contribution is -2.39. The quantitative estimate of drug-likeness (QED) is 0.892. The number of pyridine rings is 1. The summed E-state index contributed by atoms with van der Waals surface area (Å²) < 4.78 is 0.793. The van der Waals surface area contributed by atoms with Gasteiger partial charge in [-0.05, 0) is 42.3 Å². The third-order valence-electron chi connectivity index (χ3n) is 2.88. The van der Waals surface area contributed by atoms with Crippen LogP contribution in [0.15, 0.2) is 10.7 Å². The lowest BCUT2D eigenvalue weighted by Gasteiger charge is -2.21. The second-order valence-corrected chi connectivity index (χ2v) is 5.01. The van der Waals surface area contributed by atoms with E-state index in [0.717, 1.165) is 10.0 Å². The molecule has 1 rings (SSSR count). The van der Waals surface area contributed by atoms with Gasteiger partial charge in [-0.1, -0.05) is 0 Å². The zero-order valence-corrected chi connectivity index (χ0v) is 12.7. The number of nitrogens with one attached hydrogen (secondary N) is 1. The normalized spacial score (nSPS) is 12.1. The molecule has 0 bridgehead atoms. The third-order valence-corrected chi connectivity index (χ3v) is 3.85. The Hall–Kier alpha value is -1.30. The largest absolute Gasteiger partial charge is 0.397 e. The van der Waals surface area contributed by atoms with Crippen LogP contribution in [0.5, 0.6) is 0 Å². The number of aromatic nitrogens is 1. The Morgan fingerprint density at radius 2 is 2.28 bits per heavy atom. The zero-order chi connectivity index (χ0) is 13.9. The molecule has 5 nitrogen and oxygen atoms in total. The fourth-order valence-electron chi connectivity index (χ4n) is 1.45. The van der Waals surface area contributed by atoms with E-state index in [1.54, 1.807) is 18.1 Å². The molecule has 1 heterocycles. The average molecular weight is 315 g/mol. The first-order valence-electron chi connectivity index (χ1n) is 5.80. The molecule has 0 fully saturated rings. The molecule has 0 aliphatic rings. The maximum Gasteiger partial charge on any atom is 0.244 e. The number of nitrogens with two attached hydrogens (primary N) is 1. The predicted molar refractivity (Wildman–Crippen MR) is 77.5 cm³/mol. The molecule has 0 radical (unpaired) electrons. The summed E-state index contributed by atoms with van der Waals surface area (Å²) in [5.41, 5.74) is 7.29. The van der Waals surface area contributed by atoms with E-state index in [4.69, 9.17) is 5.73 Å². The number of anilines is 2. The summed E-state index contributed by atoms with van der Waals surface area (Å²) in [4.78, 5) is 17.8. The van der Waals surface area contributed by atoms with Crippen molar-refractivity contribution in [3.63, 3.8) is 0 Å². The second-order valence-electron chi connectivity index (χ2n) is 4.22. The maximum atomic E-state index is 11.9. The Balaban J connectivity index is 2.86. The Morgan fingerprint density at radius 3 is 2.83 bits per heavy atom. The number of nitrogens with zero attached hydrogens (tertiary/aromatic N) is 2. The first kappa shape index (κ1) is 14.8. The molecule has 18 heavy (non-hydrogen) atoms. The van der Waals surface area contributed by atoms with Gasteiger partial charge in [-0.2, -0.15) is 0 Å². The highest BCUT2D eigenvalue weighted by Crippen LogP contribution is 2.28. The van der Waals surface area contributed by atoms with Crippen molar-refractivity contribution in [2.75, 3.05) is 24.6 Å². The van der Waals surface area contributed by atoms with Crippen LogP contribution < -0.4 is 11.1 Å². The van der Waals surface area contributed by atoms with Crippen LogP contribution in [0.2, 0.25) is 0 Å². The van der Waals surface area contributed by atoms with Crippen LogP contribution in [0.1, 0.15) is 19.4 Å². The van der Waals surface area contributed by atoms with Crippen molar-refractivity contribution in [3.05, 3.63) is 16.2 Å². The van der Waals surface area contributed by atoms with E-state index in [2.05, 4.69) is 26.2 Å². The van der Waals surface area contributed by atoms with Crippen LogP contribution in [0.4, 0.5) is 11.5 Å². The van der Waals surface area contributed by atoms with E-state index < -0.39 is 0 Å². The minimum Gasteiger partial charge on any atom is -0.397 e. The Bertz CT molecular complexity index is 450. The molecule has 0 aliphatic carbocycles. The highest BCUT2D eigenvalue weighted by atomic mass is 79.9. The lowest BCUT2D eigenvalue weighted by atomic mass is 10.2. The molecule has 6 heteroatoms. The van der Waals surface area contributed by atoms with Gasteiger partial charge in [0.25, 0.3) is 0 Å². The molecule has 3 N–H and O–H groups in total. The van der Waals surface area contributed by atoms with Gasteiger partial charge >= 0.3 is 0 Å². The highest BCUT2D eigenvalue weighted by Gasteiger charge is 2.18. The van der Waals surface area contributed by atoms with Crippen molar-refractivity contribution in [1.29, 1.82) is 0 Å². The molecule has 1 aromatic rings. The number of carbonyl (C=O) groups excluding carboxylic acids is 1. The van der Waals surface area contributed by atoms with E-state index in [1.807, 2.05) is 20.8 Å². The lowest BCUT2D eigenvalue weighted by molar-refractivity contribution is -0.130. The van der Waals surface area contributed by atoms with Crippen LogP contribution in [0.25, 0.3) is 0 Å². The minimum atomic E-state index is -0.332. The van der Waals surface area contributed by atoms with Crippen molar-refractivity contribution in [3.8, 4) is 0 Å². The van der Waals surface area contributed by atoms with Gasteiger partial charge in [-0.3, -0.25) is 4.79 Å². The number of hydrogen-bond acceptors (Lipinski definition) is 4. The first-order valence-corrected chi connectivity index (χ1v) is 6.59. The molecule has 0 saturated carbocycles. The predicted octanol–water partition coefficient (Wildman–Crippen LogP) is 2.01. The molecular weight excluding hydrogens is 296 g/mol. The highest BCUT2D eigenvalue weighted by molar-refractivity contribution is 9.10. The van der Waals surface area contributed by atoms with E-state index in [9.17, 15) is 4.79 Å². The van der Waals surface area contributed by atoms with Crippen LogP contribution in [-0.4, -0.2) is 35.4 Å². The number of rotatable bonds is 4. The summed E-state index contributed by atoms with van der Waals surface area (Å²) in [5.74, 6) is 0.660. The molecule has 0 aromatic carbocycles. The van der Waals surface area contributed by atoms with Gasteiger partial charge in [0.15, 0.2) is 0 Å². The van der Waals surface area contributed by atoms with Gasteiger partial charge in [0.2, 0.25) is 5.91 Å². The number of carbonyl (C=O) groups is 1. The monoisotopic (exact) mass is 314 g/mol. The fraction of sp³-hybridized carbons (Fsp3) is 0.500. The van der Waals surface area contributed by atoms with Crippen molar-refractivity contribution in [2.45, 2.75) is 26.8 Å². The summed E-state index contributed by atoms with van der Waals surface area (Å²) in [6.45, 7) is 6.33. The topological polar surface area (TPSA) is 71.2 Å². The smallest absolute Gasteiger partial charge is 0.244 e. The minimum absolute atomic E-state index is 0.0284. The summed E-state index contributed by atoms with van der Waals surface area (Å²) in [6.07, 6.45) is 1.59. The van der Waals surface area contributed by atoms with Crippen molar-refractivity contribution >= 4 is 33.3 Å². The number of hydrogen-bond donors (Lipinski definition) is 2. The number of amides is 1. The molecule has 100 valence electrons. The van der Waals surface area contributed by atoms with Gasteiger partial charge in [0.05, 0.1) is 16.4 Å². The summed E-state index contributed by atoms with van der Waals surface area (Å²) in [6, 6.07) is -0.332. The van der Waals surface area contributed by atoms with Gasteiger partial charge in [-0.15, -0.1) is 0 Å². The fourth-order valence-corrected chi connectivity index (χ4v) is 1.89. The molecule has 0 saturated heterocycles. The van der Waals surface area contributed by atoms with Gasteiger partial charge < -0.3 is 16.0 Å². The molecule has 0 aliphatic heterocycles. The molecular formula is C12H19BrN4O. The number of nitrogen functional groups attached to an aromatic ring is 1. The Kier molecular flexibility index (Phi) is 4.95. The first-order chi connectivity index (χ1) is 8.38. The SMILES string of the molecule is CCN(C)C(=O)C(C)Nc1ncc(N)c(C)c1Br. The van der Waals surface area contributed by atoms with Gasteiger partial charge in [0, 0.05) is 13.6 Å². The second kappa shape index (κ2) is 6.04. The van der Waals surface area contributed by atoms with Crippen LogP contribution in [-0.2, 0) is 4.79 Å². The van der Waals surface area contributed by atoms with Gasteiger partial charge in [0.1, 0.15) is 11.9 Å².